The molecule has 2 saturated heterocycles. The maximum absolute atomic E-state index is 11.7. The predicted molar refractivity (Wildman–Crippen MR) is 96.3 cm³/mol. The van der Waals surface area contributed by atoms with Gasteiger partial charge in [-0.3, -0.25) is 19.2 Å². The number of cyclic esters (lactones) is 2. The average molecular weight is 461 g/mol. The molecule has 0 aromatic heterocycles. The molecule has 0 aromatic carbocycles. The second-order valence-corrected chi connectivity index (χ2v) is 6.81. The van der Waals surface area contributed by atoms with Gasteiger partial charge < -0.3 is 38.5 Å². The standard InChI is InChI=1S/C18H23NO13/c1-7(20)26-6-12-13(28-8(2)21)14(29-9(3)22)15(30-10(4)23)17(31-12)27-5-11-16(24)32-18(25)19-11/h11-15,17H,5-6H2,1-4H3,(H,19,25)/t11?,12-,13+,14+,15-,17-/m1/s1. The zero-order valence-electron chi connectivity index (χ0n) is 17.7. The normalized spacial score (nSPS) is 29.4. The Hall–Kier alpha value is -3.26. The fourth-order valence-corrected chi connectivity index (χ4v) is 3.02. The molecular formula is C18H23NO13. The van der Waals surface area contributed by atoms with Gasteiger partial charge in [0, 0.05) is 27.7 Å². The Balaban J connectivity index is 2.32. The van der Waals surface area contributed by atoms with E-state index in [0.29, 0.717) is 0 Å². The van der Waals surface area contributed by atoms with Crippen molar-refractivity contribution in [3.63, 3.8) is 0 Å². The number of carbonyl (C=O) groups excluding carboxylic acids is 6. The van der Waals surface area contributed by atoms with Crippen molar-refractivity contribution in [2.45, 2.75) is 64.4 Å². The second kappa shape index (κ2) is 10.9. The van der Waals surface area contributed by atoms with Gasteiger partial charge in [0.05, 0.1) is 6.61 Å². The van der Waals surface area contributed by atoms with Crippen LogP contribution < -0.4 is 5.32 Å². The van der Waals surface area contributed by atoms with Crippen LogP contribution in [0, 0.1) is 0 Å². The first-order valence-electron chi connectivity index (χ1n) is 9.42. The Morgan fingerprint density at radius 2 is 1.38 bits per heavy atom. The number of esters is 5. The van der Waals surface area contributed by atoms with Gasteiger partial charge >= 0.3 is 35.9 Å². The van der Waals surface area contributed by atoms with Crippen molar-refractivity contribution in [1.82, 2.24) is 5.32 Å². The molecule has 2 aliphatic rings. The molecule has 2 rings (SSSR count). The van der Waals surface area contributed by atoms with E-state index in [1.165, 1.54) is 0 Å². The summed E-state index contributed by atoms with van der Waals surface area (Å²) < 4.78 is 36.1. The van der Waals surface area contributed by atoms with Crippen LogP contribution in [0.5, 0.6) is 0 Å². The lowest BCUT2D eigenvalue weighted by Crippen LogP contribution is -2.63. The van der Waals surface area contributed by atoms with E-state index in [-0.39, 0.29) is 0 Å². The average Bonchev–Trinajstić information content (AvgIpc) is 2.98. The van der Waals surface area contributed by atoms with E-state index >= 15 is 0 Å². The van der Waals surface area contributed by atoms with Crippen LogP contribution in [0.25, 0.3) is 0 Å². The van der Waals surface area contributed by atoms with Crippen LogP contribution in [0.4, 0.5) is 4.79 Å². The summed E-state index contributed by atoms with van der Waals surface area (Å²) in [6.07, 6.45) is -7.83. The smallest absolute Gasteiger partial charge is 0.415 e. The van der Waals surface area contributed by atoms with Gasteiger partial charge in [0.1, 0.15) is 12.7 Å². The van der Waals surface area contributed by atoms with Crippen LogP contribution in [0.2, 0.25) is 0 Å². The molecule has 1 N–H and O–H groups in total. The lowest BCUT2D eigenvalue weighted by molar-refractivity contribution is -0.308. The molecule has 6 atom stereocenters. The Morgan fingerprint density at radius 1 is 0.812 bits per heavy atom. The van der Waals surface area contributed by atoms with E-state index in [0.717, 1.165) is 27.7 Å². The van der Waals surface area contributed by atoms with Crippen LogP contribution in [0.3, 0.4) is 0 Å². The first kappa shape index (κ1) is 25.0. The van der Waals surface area contributed by atoms with E-state index in [2.05, 4.69) is 10.1 Å². The van der Waals surface area contributed by atoms with Crippen LogP contribution >= 0.6 is 0 Å². The fourth-order valence-electron chi connectivity index (χ4n) is 3.02. The molecule has 178 valence electrons. The van der Waals surface area contributed by atoms with Gasteiger partial charge in [0.25, 0.3) is 0 Å². The molecule has 0 saturated carbocycles. The topological polar surface area (TPSA) is 179 Å². The molecule has 0 radical (unpaired) electrons. The van der Waals surface area contributed by atoms with Crippen molar-refractivity contribution < 1.29 is 61.9 Å². The number of rotatable bonds is 8. The number of carbonyl (C=O) groups is 6. The van der Waals surface area contributed by atoms with Crippen molar-refractivity contribution in [3.05, 3.63) is 0 Å². The monoisotopic (exact) mass is 461 g/mol. The molecule has 0 aromatic rings. The Labute approximate surface area is 181 Å². The lowest BCUT2D eigenvalue weighted by atomic mass is 9.98. The van der Waals surface area contributed by atoms with Crippen LogP contribution in [-0.2, 0) is 57.1 Å². The highest BCUT2D eigenvalue weighted by Gasteiger charge is 2.53. The summed E-state index contributed by atoms with van der Waals surface area (Å²) in [5.41, 5.74) is 0. The molecule has 2 fully saturated rings. The molecule has 0 aliphatic carbocycles. The molecule has 1 unspecified atom stereocenters. The first-order chi connectivity index (χ1) is 15.0. The van der Waals surface area contributed by atoms with Crippen molar-refractivity contribution in [2.24, 2.45) is 0 Å². The summed E-state index contributed by atoms with van der Waals surface area (Å²) in [5.74, 6) is -3.96. The molecule has 2 heterocycles. The molecule has 0 bridgehead atoms. The number of hydrogen-bond donors (Lipinski definition) is 1. The highest BCUT2D eigenvalue weighted by atomic mass is 16.7. The quantitative estimate of drug-likeness (QED) is 0.257. The fraction of sp³-hybridized carbons (Fsp3) is 0.667. The SMILES string of the molecule is CC(=O)OC[C@H]1O[C@@H](OCC2NC(=O)OC2=O)[C@H](OC(C)=O)[C@@H](OC(C)=O)[C@H]1OC(C)=O. The number of hydrogen-bond acceptors (Lipinski definition) is 13. The third-order valence-corrected chi connectivity index (χ3v) is 4.15. The predicted octanol–water partition coefficient (Wildman–Crippen LogP) is -1.28. The van der Waals surface area contributed by atoms with Gasteiger partial charge in [-0.25, -0.2) is 9.59 Å². The Kier molecular flexibility index (Phi) is 8.48. The number of nitrogens with one attached hydrogen (secondary N) is 1. The maximum Gasteiger partial charge on any atom is 0.415 e. The number of ether oxygens (including phenoxy) is 7. The van der Waals surface area contributed by atoms with Gasteiger partial charge in [0.15, 0.2) is 30.6 Å². The highest BCUT2D eigenvalue weighted by Crippen LogP contribution is 2.30. The third kappa shape index (κ3) is 6.88. The summed E-state index contributed by atoms with van der Waals surface area (Å²) in [5, 5.41) is 2.21. The summed E-state index contributed by atoms with van der Waals surface area (Å²) in [6.45, 7) is 3.48. The van der Waals surface area contributed by atoms with E-state index in [1.54, 1.807) is 0 Å². The Bertz CT molecular complexity index is 781. The van der Waals surface area contributed by atoms with Crippen molar-refractivity contribution in [2.75, 3.05) is 13.2 Å². The molecule has 1 amide bonds. The first-order valence-corrected chi connectivity index (χ1v) is 9.42. The minimum atomic E-state index is -1.47. The third-order valence-electron chi connectivity index (χ3n) is 4.15. The number of alkyl carbamates (subject to hydrolysis) is 1. The van der Waals surface area contributed by atoms with Crippen LogP contribution in [-0.4, -0.2) is 85.9 Å². The van der Waals surface area contributed by atoms with Crippen molar-refractivity contribution in [1.29, 1.82) is 0 Å². The van der Waals surface area contributed by atoms with Gasteiger partial charge in [-0.1, -0.05) is 0 Å². The zero-order chi connectivity index (χ0) is 24.0. The molecule has 14 nitrogen and oxygen atoms in total. The van der Waals surface area contributed by atoms with E-state index in [9.17, 15) is 28.8 Å². The van der Waals surface area contributed by atoms with Crippen LogP contribution in [0.1, 0.15) is 27.7 Å². The molecule has 2 aliphatic heterocycles. The van der Waals surface area contributed by atoms with E-state index in [1.807, 2.05) is 0 Å². The summed E-state index contributed by atoms with van der Waals surface area (Å²) in [4.78, 5) is 69.2. The van der Waals surface area contributed by atoms with Crippen molar-refractivity contribution in [3.8, 4) is 0 Å². The Morgan fingerprint density at radius 3 is 1.88 bits per heavy atom. The van der Waals surface area contributed by atoms with E-state index in [4.69, 9.17) is 28.4 Å². The van der Waals surface area contributed by atoms with Gasteiger partial charge in [-0.2, -0.15) is 0 Å². The van der Waals surface area contributed by atoms with Crippen LogP contribution in [0.15, 0.2) is 0 Å². The van der Waals surface area contributed by atoms with E-state index < -0.39 is 85.9 Å². The van der Waals surface area contributed by atoms with Gasteiger partial charge in [0.2, 0.25) is 0 Å². The lowest BCUT2D eigenvalue weighted by Gasteiger charge is -2.44. The zero-order valence-corrected chi connectivity index (χ0v) is 17.7. The largest absolute Gasteiger partial charge is 0.463 e. The van der Waals surface area contributed by atoms with Gasteiger partial charge in [-0.05, 0) is 0 Å². The molecule has 14 heteroatoms. The minimum absolute atomic E-state index is 0.431. The maximum atomic E-state index is 11.7. The van der Waals surface area contributed by atoms with Crippen molar-refractivity contribution >= 4 is 35.9 Å². The second-order valence-electron chi connectivity index (χ2n) is 6.81. The summed E-state index contributed by atoms with van der Waals surface area (Å²) >= 11 is 0. The molecule has 0 spiro atoms. The van der Waals surface area contributed by atoms with Gasteiger partial charge in [-0.15, -0.1) is 0 Å². The minimum Gasteiger partial charge on any atom is -0.463 e. The number of amides is 1. The molecular weight excluding hydrogens is 438 g/mol. The summed E-state index contributed by atoms with van der Waals surface area (Å²) in [7, 11) is 0. The molecule has 32 heavy (non-hydrogen) atoms. The highest BCUT2D eigenvalue weighted by molar-refractivity contribution is 5.95. The summed E-state index contributed by atoms with van der Waals surface area (Å²) in [6, 6.07) is -1.17.